The van der Waals surface area contributed by atoms with Crippen LogP contribution >= 0.6 is 0 Å². The number of hydrazine groups is 1. The van der Waals surface area contributed by atoms with Gasteiger partial charge in [0.15, 0.2) is 0 Å². The molecule has 0 aliphatic heterocycles. The number of carbonyl (C=O) groups excluding carboxylic acids is 1. The zero-order valence-electron chi connectivity index (χ0n) is 15.0. The monoisotopic (exact) mass is 325 g/mol. The molecule has 4 nitrogen and oxygen atoms in total. The van der Waals surface area contributed by atoms with Gasteiger partial charge in [0.1, 0.15) is 0 Å². The van der Waals surface area contributed by atoms with Gasteiger partial charge in [0.25, 0.3) is 5.91 Å². The average Bonchev–Trinajstić information content (AvgIpc) is 2.54. The van der Waals surface area contributed by atoms with Gasteiger partial charge < -0.3 is 5.43 Å². The summed E-state index contributed by atoms with van der Waals surface area (Å²) >= 11 is 0. The Labute approximate surface area is 144 Å². The normalized spacial score (nSPS) is 17.9. The van der Waals surface area contributed by atoms with Gasteiger partial charge in [0.2, 0.25) is 0 Å². The van der Waals surface area contributed by atoms with Gasteiger partial charge in [-0.15, -0.1) is 0 Å². The minimum Gasteiger partial charge on any atom is -0.305 e. The fraction of sp³-hybridized carbons (Fsp3) is 0.400. The lowest BCUT2D eigenvalue weighted by atomic mass is 9.72. The van der Waals surface area contributed by atoms with Gasteiger partial charge in [-0.25, -0.2) is 0 Å². The molecule has 24 heavy (non-hydrogen) atoms. The lowest BCUT2D eigenvalue weighted by molar-refractivity contribution is 0.0941. The fourth-order valence-corrected chi connectivity index (χ4v) is 3.06. The van der Waals surface area contributed by atoms with Crippen molar-refractivity contribution in [2.45, 2.75) is 47.0 Å². The molecule has 0 atom stereocenters. The summed E-state index contributed by atoms with van der Waals surface area (Å²) in [5.74, 6) is -0.183. The number of carbonyl (C=O) groups is 1. The first-order chi connectivity index (χ1) is 11.4. The van der Waals surface area contributed by atoms with Crippen molar-refractivity contribution in [1.82, 2.24) is 15.8 Å². The SMILES string of the molecule is CC(C=CC1=C(C)CCCC1(C)C)=CNNC(=O)c1ccncc1. The molecule has 1 amide bonds. The van der Waals surface area contributed by atoms with Crippen molar-refractivity contribution in [1.29, 1.82) is 0 Å². The van der Waals surface area contributed by atoms with Crippen molar-refractivity contribution in [3.05, 3.63) is 65.2 Å². The number of rotatable bonds is 5. The van der Waals surface area contributed by atoms with E-state index in [4.69, 9.17) is 0 Å². The van der Waals surface area contributed by atoms with Gasteiger partial charge in [0, 0.05) is 24.2 Å². The van der Waals surface area contributed by atoms with Crippen LogP contribution in [0.3, 0.4) is 0 Å². The molecule has 128 valence electrons. The first-order valence-electron chi connectivity index (χ1n) is 8.41. The van der Waals surface area contributed by atoms with Crippen molar-refractivity contribution in [3.8, 4) is 0 Å². The molecular weight excluding hydrogens is 298 g/mol. The van der Waals surface area contributed by atoms with Gasteiger partial charge in [-0.1, -0.05) is 31.6 Å². The van der Waals surface area contributed by atoms with Crippen molar-refractivity contribution < 1.29 is 4.79 Å². The fourth-order valence-electron chi connectivity index (χ4n) is 3.06. The zero-order valence-corrected chi connectivity index (χ0v) is 15.0. The predicted octanol–water partition coefficient (Wildman–Crippen LogP) is 4.30. The van der Waals surface area contributed by atoms with Gasteiger partial charge in [-0.2, -0.15) is 0 Å². The van der Waals surface area contributed by atoms with Crippen LogP contribution in [-0.2, 0) is 0 Å². The molecule has 1 aromatic rings. The third-order valence-corrected chi connectivity index (χ3v) is 4.48. The third kappa shape index (κ3) is 4.82. The first-order valence-corrected chi connectivity index (χ1v) is 8.41. The van der Waals surface area contributed by atoms with Crippen LogP contribution in [0.5, 0.6) is 0 Å². The molecule has 0 spiro atoms. The van der Waals surface area contributed by atoms with E-state index in [0.29, 0.717) is 5.56 Å². The number of amides is 1. The topological polar surface area (TPSA) is 54.0 Å². The average molecular weight is 325 g/mol. The largest absolute Gasteiger partial charge is 0.305 e. The van der Waals surface area contributed by atoms with Gasteiger partial charge >= 0.3 is 0 Å². The smallest absolute Gasteiger partial charge is 0.269 e. The van der Waals surface area contributed by atoms with E-state index in [9.17, 15) is 4.79 Å². The molecule has 2 N–H and O–H groups in total. The maximum Gasteiger partial charge on any atom is 0.269 e. The summed E-state index contributed by atoms with van der Waals surface area (Å²) in [6, 6.07) is 3.35. The number of hydrogen-bond acceptors (Lipinski definition) is 3. The Hall–Kier alpha value is -2.36. The van der Waals surface area contributed by atoms with Gasteiger partial charge in [-0.05, 0) is 61.8 Å². The highest BCUT2D eigenvalue weighted by Crippen LogP contribution is 2.40. The van der Waals surface area contributed by atoms with E-state index < -0.39 is 0 Å². The Balaban J connectivity index is 1.93. The van der Waals surface area contributed by atoms with Crippen molar-refractivity contribution in [2.24, 2.45) is 5.41 Å². The van der Waals surface area contributed by atoms with E-state index in [1.807, 2.05) is 6.92 Å². The van der Waals surface area contributed by atoms with Crippen LogP contribution in [0, 0.1) is 5.41 Å². The molecule has 0 radical (unpaired) electrons. The Bertz CT molecular complexity index is 669. The van der Waals surface area contributed by atoms with Crippen LogP contribution in [-0.4, -0.2) is 10.9 Å². The lowest BCUT2D eigenvalue weighted by Gasteiger charge is -2.32. The molecular formula is C20H27N3O. The highest BCUT2D eigenvalue weighted by Gasteiger charge is 2.26. The van der Waals surface area contributed by atoms with E-state index in [2.05, 4.69) is 48.8 Å². The summed E-state index contributed by atoms with van der Waals surface area (Å²) in [4.78, 5) is 15.8. The quantitative estimate of drug-likeness (QED) is 0.627. The summed E-state index contributed by atoms with van der Waals surface area (Å²) in [5, 5.41) is 0. The summed E-state index contributed by atoms with van der Waals surface area (Å²) in [5.41, 5.74) is 10.3. The molecule has 0 unspecified atom stereocenters. The van der Waals surface area contributed by atoms with E-state index in [1.165, 1.54) is 30.4 Å². The van der Waals surface area contributed by atoms with Crippen LogP contribution < -0.4 is 10.9 Å². The molecule has 1 aromatic heterocycles. The van der Waals surface area contributed by atoms with E-state index in [-0.39, 0.29) is 11.3 Å². The molecule has 0 saturated heterocycles. The number of nitrogens with zero attached hydrogens (tertiary/aromatic N) is 1. The lowest BCUT2D eigenvalue weighted by Crippen LogP contribution is -2.33. The minimum absolute atomic E-state index is 0.183. The molecule has 1 aliphatic carbocycles. The summed E-state index contributed by atoms with van der Waals surface area (Å²) < 4.78 is 0. The van der Waals surface area contributed by atoms with Crippen LogP contribution in [0.4, 0.5) is 0 Å². The van der Waals surface area contributed by atoms with Crippen LogP contribution in [0.1, 0.15) is 57.3 Å². The van der Waals surface area contributed by atoms with Crippen molar-refractivity contribution >= 4 is 5.91 Å². The highest BCUT2D eigenvalue weighted by atomic mass is 16.2. The van der Waals surface area contributed by atoms with Gasteiger partial charge in [0.05, 0.1) is 0 Å². The standard InChI is InChI=1S/C20H27N3O/c1-15(7-8-18-16(2)6-5-11-20(18,3)4)14-22-23-19(24)17-9-12-21-13-10-17/h7-10,12-14,22H,5-6,11H2,1-4H3,(H,23,24). The Morgan fingerprint density at radius 2 is 2.00 bits per heavy atom. The molecule has 0 bridgehead atoms. The number of hydrogen-bond donors (Lipinski definition) is 2. The second-order valence-corrected chi connectivity index (χ2v) is 6.99. The molecule has 2 rings (SSSR count). The molecule has 4 heteroatoms. The summed E-state index contributed by atoms with van der Waals surface area (Å²) in [6.07, 6.45) is 13.0. The maximum atomic E-state index is 11.9. The molecule has 0 saturated carbocycles. The maximum absolute atomic E-state index is 11.9. The number of aromatic nitrogens is 1. The van der Waals surface area contributed by atoms with Crippen molar-refractivity contribution in [2.75, 3.05) is 0 Å². The molecule has 0 fully saturated rings. The van der Waals surface area contributed by atoms with Gasteiger partial charge in [-0.3, -0.25) is 15.2 Å². The predicted molar refractivity (Wildman–Crippen MR) is 98.1 cm³/mol. The number of pyridine rings is 1. The van der Waals surface area contributed by atoms with E-state index in [1.54, 1.807) is 30.7 Å². The second kappa shape index (κ2) is 7.95. The van der Waals surface area contributed by atoms with Crippen LogP contribution in [0.2, 0.25) is 0 Å². The second-order valence-electron chi connectivity index (χ2n) is 6.99. The Morgan fingerprint density at radius 3 is 2.67 bits per heavy atom. The van der Waals surface area contributed by atoms with E-state index >= 15 is 0 Å². The minimum atomic E-state index is -0.183. The van der Waals surface area contributed by atoms with E-state index in [0.717, 1.165) is 5.57 Å². The van der Waals surface area contributed by atoms with Crippen molar-refractivity contribution in [3.63, 3.8) is 0 Å². The Morgan fingerprint density at radius 1 is 1.29 bits per heavy atom. The zero-order chi connectivity index (χ0) is 17.6. The first kappa shape index (κ1) is 18.0. The Kier molecular flexibility index (Phi) is 5.96. The molecule has 1 heterocycles. The molecule has 0 aromatic carbocycles. The number of nitrogens with one attached hydrogen (secondary N) is 2. The van der Waals surface area contributed by atoms with Crippen LogP contribution in [0.25, 0.3) is 0 Å². The van der Waals surface area contributed by atoms with Crippen LogP contribution in [0.15, 0.2) is 59.6 Å². The third-order valence-electron chi connectivity index (χ3n) is 4.48. The highest BCUT2D eigenvalue weighted by molar-refractivity contribution is 5.93. The summed E-state index contributed by atoms with van der Waals surface area (Å²) in [6.45, 7) is 8.85. The molecule has 1 aliphatic rings. The number of allylic oxidation sites excluding steroid dienone is 5. The summed E-state index contributed by atoms with van der Waals surface area (Å²) in [7, 11) is 0.